The predicted octanol–water partition coefficient (Wildman–Crippen LogP) is 17.3. The lowest BCUT2D eigenvalue weighted by Crippen LogP contribution is -2.33. The predicted molar refractivity (Wildman–Crippen MR) is 282 cm³/mol. The molecule has 13 aromatic rings. The molecule has 3 heteroatoms. The second-order valence-corrected chi connectivity index (χ2v) is 18.3. The highest BCUT2D eigenvalue weighted by molar-refractivity contribution is 6.14. The zero-order chi connectivity index (χ0) is 44.5. The van der Waals surface area contributed by atoms with Gasteiger partial charge in [-0.1, -0.05) is 200 Å². The van der Waals surface area contributed by atoms with Crippen LogP contribution in [0.5, 0.6) is 0 Å². The Morgan fingerprint density at radius 2 is 0.926 bits per heavy atom. The van der Waals surface area contributed by atoms with Crippen LogP contribution in [0.1, 0.15) is 22.3 Å². The quantitative estimate of drug-likeness (QED) is 0.172. The first-order chi connectivity index (χ1) is 33.8. The van der Waals surface area contributed by atoms with Crippen molar-refractivity contribution in [1.29, 1.82) is 0 Å². The standard InChI is InChI=1S/C65H40N2O/c1-2-20-43-41(18-1)19-15-27-44(43)45-21-3-4-22-46(45)49-24-6-11-33-58(49)66(61-36-17-29-53-51-26-8-14-37-62(51)68-64(53)61)42-38-39-48-47-23-5-9-30-54(47)65(57(48)40-42)55-31-10-13-35-60(55)67-59-34-12-7-25-50(59)52-28-16-32-56(65)63(52)67/h1-40H. The zero-order valence-electron chi connectivity index (χ0n) is 36.9. The van der Waals surface area contributed by atoms with E-state index in [1.165, 1.54) is 82.8 Å². The van der Waals surface area contributed by atoms with Crippen molar-refractivity contribution in [2.75, 3.05) is 4.90 Å². The van der Waals surface area contributed by atoms with E-state index in [9.17, 15) is 0 Å². The maximum Gasteiger partial charge on any atom is 0.159 e. The van der Waals surface area contributed by atoms with Crippen LogP contribution in [-0.4, -0.2) is 4.57 Å². The van der Waals surface area contributed by atoms with Gasteiger partial charge in [0.25, 0.3) is 0 Å². The summed E-state index contributed by atoms with van der Waals surface area (Å²) >= 11 is 0. The van der Waals surface area contributed by atoms with E-state index in [4.69, 9.17) is 4.42 Å². The first kappa shape index (κ1) is 37.3. The van der Waals surface area contributed by atoms with E-state index in [0.29, 0.717) is 0 Å². The number of nitrogens with zero attached hydrogens (tertiary/aromatic N) is 2. The van der Waals surface area contributed by atoms with Gasteiger partial charge in [0, 0.05) is 32.8 Å². The van der Waals surface area contributed by atoms with Gasteiger partial charge in [-0.25, -0.2) is 0 Å². The molecule has 2 aliphatic rings. The fourth-order valence-electron chi connectivity index (χ4n) is 12.3. The molecule has 2 aromatic heterocycles. The summed E-state index contributed by atoms with van der Waals surface area (Å²) in [5.41, 5.74) is 20.2. The van der Waals surface area contributed by atoms with Gasteiger partial charge in [-0.05, 0) is 103 Å². The normalized spacial score (nSPS) is 14.5. The second kappa shape index (κ2) is 14.0. The number of hydrogen-bond acceptors (Lipinski definition) is 2. The van der Waals surface area contributed by atoms with Gasteiger partial charge in [0.1, 0.15) is 5.58 Å². The van der Waals surface area contributed by atoms with Gasteiger partial charge in [0.05, 0.1) is 33.5 Å². The molecule has 1 aliphatic carbocycles. The molecule has 0 N–H and O–H groups in total. The number of furan rings is 1. The number of rotatable bonds is 5. The van der Waals surface area contributed by atoms with Crippen molar-refractivity contribution in [2.24, 2.45) is 0 Å². The Bertz CT molecular complexity index is 4240. The average molecular weight is 865 g/mol. The highest BCUT2D eigenvalue weighted by Crippen LogP contribution is 2.62. The topological polar surface area (TPSA) is 21.3 Å². The van der Waals surface area contributed by atoms with Crippen LogP contribution >= 0.6 is 0 Å². The Kier molecular flexibility index (Phi) is 7.71. The average Bonchev–Trinajstić information content (AvgIpc) is 4.06. The molecule has 1 aliphatic heterocycles. The third-order valence-electron chi connectivity index (χ3n) is 15.0. The van der Waals surface area contributed by atoms with Crippen molar-refractivity contribution in [3.05, 3.63) is 265 Å². The molecule has 0 bridgehead atoms. The van der Waals surface area contributed by atoms with Gasteiger partial charge in [-0.15, -0.1) is 0 Å². The van der Waals surface area contributed by atoms with Crippen molar-refractivity contribution in [3.63, 3.8) is 0 Å². The summed E-state index contributed by atoms with van der Waals surface area (Å²) < 4.78 is 9.47. The summed E-state index contributed by atoms with van der Waals surface area (Å²) in [6, 6.07) is 89.4. The highest BCUT2D eigenvalue weighted by Gasteiger charge is 2.51. The number of fused-ring (bicyclic) bond motifs is 16. The van der Waals surface area contributed by atoms with Gasteiger partial charge in [0.2, 0.25) is 0 Å². The Labute approximate surface area is 393 Å². The van der Waals surface area contributed by atoms with E-state index < -0.39 is 5.41 Å². The molecule has 68 heavy (non-hydrogen) atoms. The van der Waals surface area contributed by atoms with Crippen molar-refractivity contribution in [1.82, 2.24) is 4.57 Å². The highest BCUT2D eigenvalue weighted by atomic mass is 16.3. The van der Waals surface area contributed by atoms with E-state index in [1.807, 2.05) is 0 Å². The minimum atomic E-state index is -0.611. The molecule has 3 heterocycles. The molecule has 0 amide bonds. The van der Waals surface area contributed by atoms with Gasteiger partial charge >= 0.3 is 0 Å². The van der Waals surface area contributed by atoms with Crippen LogP contribution in [0.15, 0.2) is 247 Å². The molecule has 0 radical (unpaired) electrons. The number of para-hydroxylation sites is 6. The molecular weight excluding hydrogens is 825 g/mol. The largest absolute Gasteiger partial charge is 0.454 e. The first-order valence-corrected chi connectivity index (χ1v) is 23.5. The maximum atomic E-state index is 6.96. The molecule has 1 atom stereocenters. The minimum Gasteiger partial charge on any atom is -0.454 e. The monoisotopic (exact) mass is 864 g/mol. The molecule has 15 rings (SSSR count). The summed E-state index contributed by atoms with van der Waals surface area (Å²) in [6.07, 6.45) is 0. The zero-order valence-corrected chi connectivity index (χ0v) is 36.9. The molecule has 3 nitrogen and oxygen atoms in total. The van der Waals surface area contributed by atoms with Gasteiger partial charge in [0.15, 0.2) is 5.58 Å². The van der Waals surface area contributed by atoms with Crippen molar-refractivity contribution in [3.8, 4) is 39.1 Å². The Balaban J connectivity index is 1.04. The molecule has 0 saturated carbocycles. The number of anilines is 3. The molecule has 1 unspecified atom stereocenters. The number of benzene rings is 11. The summed E-state index contributed by atoms with van der Waals surface area (Å²) in [7, 11) is 0. The lowest BCUT2D eigenvalue weighted by Gasteiger charge is -2.40. The third kappa shape index (κ3) is 4.92. The number of hydrogen-bond donors (Lipinski definition) is 0. The van der Waals surface area contributed by atoms with Crippen molar-refractivity contribution in [2.45, 2.75) is 5.41 Å². The molecule has 11 aromatic carbocycles. The Morgan fingerprint density at radius 3 is 1.82 bits per heavy atom. The van der Waals surface area contributed by atoms with Crippen LogP contribution in [0, 0.1) is 0 Å². The second-order valence-electron chi connectivity index (χ2n) is 18.3. The van der Waals surface area contributed by atoms with Crippen molar-refractivity contribution >= 4 is 71.6 Å². The van der Waals surface area contributed by atoms with Crippen LogP contribution in [0.4, 0.5) is 17.1 Å². The van der Waals surface area contributed by atoms with Gasteiger partial charge in [-0.3, -0.25) is 0 Å². The van der Waals surface area contributed by atoms with E-state index >= 15 is 0 Å². The SMILES string of the molecule is c1ccc(-c2cccc3ccccc23)c(-c2ccccc2N(c2ccc3c(c2)C2(c4ccccc4-3)c3ccccc3-n3c4ccccc4c4cccc2c43)c2cccc3c2oc2ccccc23)c1. The summed E-state index contributed by atoms with van der Waals surface area (Å²) in [4.78, 5) is 2.46. The van der Waals surface area contributed by atoms with Crippen LogP contribution in [0.2, 0.25) is 0 Å². The van der Waals surface area contributed by atoms with E-state index in [-0.39, 0.29) is 0 Å². The van der Waals surface area contributed by atoms with Crippen LogP contribution in [0.3, 0.4) is 0 Å². The number of aromatic nitrogens is 1. The van der Waals surface area contributed by atoms with Crippen LogP contribution in [-0.2, 0) is 5.41 Å². The van der Waals surface area contributed by atoms with Gasteiger partial charge < -0.3 is 13.9 Å². The van der Waals surface area contributed by atoms with E-state index in [0.717, 1.165) is 50.1 Å². The fraction of sp³-hybridized carbons (Fsp3) is 0.0154. The molecular formula is C65H40N2O. The summed E-state index contributed by atoms with van der Waals surface area (Å²) in [5.74, 6) is 0. The van der Waals surface area contributed by atoms with E-state index in [2.05, 4.69) is 252 Å². The first-order valence-electron chi connectivity index (χ1n) is 23.5. The molecule has 0 fully saturated rings. The smallest absolute Gasteiger partial charge is 0.159 e. The van der Waals surface area contributed by atoms with E-state index in [1.54, 1.807) is 0 Å². The maximum absolute atomic E-state index is 6.96. The van der Waals surface area contributed by atoms with Crippen LogP contribution < -0.4 is 4.90 Å². The van der Waals surface area contributed by atoms with Crippen LogP contribution in [0.25, 0.3) is 93.6 Å². The summed E-state index contributed by atoms with van der Waals surface area (Å²) in [5, 5.41) is 7.17. The molecule has 0 saturated heterocycles. The molecule has 1 spiro atoms. The fourth-order valence-corrected chi connectivity index (χ4v) is 12.3. The third-order valence-corrected chi connectivity index (χ3v) is 15.0. The summed E-state index contributed by atoms with van der Waals surface area (Å²) in [6.45, 7) is 0. The lowest BCUT2D eigenvalue weighted by atomic mass is 9.65. The minimum absolute atomic E-state index is 0.611. The Morgan fingerprint density at radius 1 is 0.353 bits per heavy atom. The lowest BCUT2D eigenvalue weighted by molar-refractivity contribution is 0.669. The van der Waals surface area contributed by atoms with Gasteiger partial charge in [-0.2, -0.15) is 0 Å². The molecule has 316 valence electrons. The van der Waals surface area contributed by atoms with Crippen molar-refractivity contribution < 1.29 is 4.42 Å². The Hall–Kier alpha value is -8.92.